The molecule has 0 bridgehead atoms. The fourth-order valence-corrected chi connectivity index (χ4v) is 1.47. The van der Waals surface area contributed by atoms with Crippen molar-refractivity contribution in [2.24, 2.45) is 0 Å². The Hall–Kier alpha value is -1.02. The number of carbonyl (C=O) groups excluding carboxylic acids is 1. The summed E-state index contributed by atoms with van der Waals surface area (Å²) in [6.07, 6.45) is 0.975. The summed E-state index contributed by atoms with van der Waals surface area (Å²) in [4.78, 5) is 11.3. The van der Waals surface area contributed by atoms with Crippen LogP contribution in [-0.4, -0.2) is 11.3 Å². The van der Waals surface area contributed by atoms with Crippen molar-refractivity contribution in [3.05, 3.63) is 35.4 Å². The number of carbonyl (C=O) groups is 1. The second kappa shape index (κ2) is 5.76. The molecule has 0 aromatic heterocycles. The van der Waals surface area contributed by atoms with E-state index < -0.39 is 5.38 Å². The lowest BCUT2D eigenvalue weighted by Crippen LogP contribution is -2.29. The lowest BCUT2D eigenvalue weighted by molar-refractivity contribution is -0.120. The summed E-state index contributed by atoms with van der Waals surface area (Å²) in [6.45, 7) is 4.33. The second-order valence-corrected chi connectivity index (χ2v) is 4.11. The van der Waals surface area contributed by atoms with Gasteiger partial charge in [-0.05, 0) is 24.5 Å². The standard InChI is InChI=1S/C12H16ClNO/c1-3-10-6-4-5-7-11(10)8-14-12(15)9(2)13/h4-7,9H,3,8H2,1-2H3,(H,14,15). The predicted octanol–water partition coefficient (Wildman–Crippen LogP) is 2.49. The fraction of sp³-hybridized carbons (Fsp3) is 0.417. The van der Waals surface area contributed by atoms with Gasteiger partial charge in [0.2, 0.25) is 5.91 Å². The van der Waals surface area contributed by atoms with Gasteiger partial charge in [-0.2, -0.15) is 0 Å². The zero-order valence-electron chi connectivity index (χ0n) is 9.09. The third-order valence-electron chi connectivity index (χ3n) is 2.31. The van der Waals surface area contributed by atoms with E-state index in [0.29, 0.717) is 6.54 Å². The molecule has 0 fully saturated rings. The average molecular weight is 226 g/mol. The van der Waals surface area contributed by atoms with Crippen molar-refractivity contribution >= 4 is 17.5 Å². The first kappa shape index (κ1) is 12.1. The van der Waals surface area contributed by atoms with Gasteiger partial charge < -0.3 is 5.32 Å². The summed E-state index contributed by atoms with van der Waals surface area (Å²) < 4.78 is 0. The van der Waals surface area contributed by atoms with Crippen molar-refractivity contribution < 1.29 is 4.79 Å². The molecule has 0 radical (unpaired) electrons. The van der Waals surface area contributed by atoms with Crippen molar-refractivity contribution in [2.45, 2.75) is 32.2 Å². The lowest BCUT2D eigenvalue weighted by atomic mass is 10.1. The van der Waals surface area contributed by atoms with Gasteiger partial charge in [-0.3, -0.25) is 4.79 Å². The highest BCUT2D eigenvalue weighted by Crippen LogP contribution is 2.09. The SMILES string of the molecule is CCc1ccccc1CNC(=O)C(C)Cl. The van der Waals surface area contributed by atoms with Gasteiger partial charge in [-0.1, -0.05) is 31.2 Å². The number of amides is 1. The van der Waals surface area contributed by atoms with E-state index in [4.69, 9.17) is 11.6 Å². The van der Waals surface area contributed by atoms with Crippen molar-refractivity contribution in [1.29, 1.82) is 0 Å². The van der Waals surface area contributed by atoms with Gasteiger partial charge >= 0.3 is 0 Å². The number of halogens is 1. The summed E-state index contributed by atoms with van der Waals surface area (Å²) in [6, 6.07) is 8.09. The van der Waals surface area contributed by atoms with E-state index in [1.807, 2.05) is 18.2 Å². The van der Waals surface area contributed by atoms with Gasteiger partial charge in [0.05, 0.1) is 0 Å². The molecular weight excluding hydrogens is 210 g/mol. The number of rotatable bonds is 4. The Balaban J connectivity index is 2.61. The molecule has 1 aromatic carbocycles. The van der Waals surface area contributed by atoms with E-state index in [2.05, 4.69) is 18.3 Å². The maximum absolute atomic E-state index is 11.3. The molecule has 0 aliphatic carbocycles. The van der Waals surface area contributed by atoms with Crippen LogP contribution in [0.4, 0.5) is 0 Å². The molecule has 1 atom stereocenters. The van der Waals surface area contributed by atoms with Gasteiger partial charge in [0.1, 0.15) is 5.38 Å². The smallest absolute Gasteiger partial charge is 0.238 e. The quantitative estimate of drug-likeness (QED) is 0.784. The van der Waals surface area contributed by atoms with Gasteiger partial charge in [0, 0.05) is 6.54 Å². The highest BCUT2D eigenvalue weighted by molar-refractivity contribution is 6.30. The minimum Gasteiger partial charge on any atom is -0.351 e. The normalized spacial score (nSPS) is 12.2. The van der Waals surface area contributed by atoms with Gasteiger partial charge in [0.25, 0.3) is 0 Å². The maximum atomic E-state index is 11.3. The first-order valence-electron chi connectivity index (χ1n) is 5.13. The Morgan fingerprint density at radius 1 is 1.40 bits per heavy atom. The Bertz CT molecular complexity index is 336. The third-order valence-corrected chi connectivity index (χ3v) is 2.51. The van der Waals surface area contributed by atoms with E-state index in [1.54, 1.807) is 6.92 Å². The number of aryl methyl sites for hydroxylation is 1. The lowest BCUT2D eigenvalue weighted by Gasteiger charge is -2.09. The molecule has 0 aliphatic rings. The predicted molar refractivity (Wildman–Crippen MR) is 63.0 cm³/mol. The molecule has 1 N–H and O–H groups in total. The Morgan fingerprint density at radius 2 is 2.00 bits per heavy atom. The summed E-state index contributed by atoms with van der Waals surface area (Å²) in [5.74, 6) is -0.123. The zero-order valence-corrected chi connectivity index (χ0v) is 9.84. The van der Waals surface area contributed by atoms with Crippen molar-refractivity contribution in [2.75, 3.05) is 0 Å². The molecule has 15 heavy (non-hydrogen) atoms. The first-order chi connectivity index (χ1) is 7.15. The number of alkyl halides is 1. The van der Waals surface area contributed by atoms with Crippen molar-refractivity contribution in [1.82, 2.24) is 5.32 Å². The van der Waals surface area contributed by atoms with E-state index in [9.17, 15) is 4.79 Å². The van der Waals surface area contributed by atoms with Crippen LogP contribution in [0.5, 0.6) is 0 Å². The van der Waals surface area contributed by atoms with Crippen LogP contribution in [0.1, 0.15) is 25.0 Å². The molecule has 0 spiro atoms. The molecule has 2 nitrogen and oxygen atoms in total. The molecule has 0 aliphatic heterocycles. The van der Waals surface area contributed by atoms with E-state index in [1.165, 1.54) is 5.56 Å². The molecule has 1 rings (SSSR count). The van der Waals surface area contributed by atoms with Crippen LogP contribution in [0.3, 0.4) is 0 Å². The third kappa shape index (κ3) is 3.56. The fourth-order valence-electron chi connectivity index (χ4n) is 1.40. The molecule has 82 valence electrons. The molecule has 1 aromatic rings. The summed E-state index contributed by atoms with van der Waals surface area (Å²) >= 11 is 5.66. The number of nitrogens with one attached hydrogen (secondary N) is 1. The van der Waals surface area contributed by atoms with Crippen molar-refractivity contribution in [3.8, 4) is 0 Å². The number of hydrogen-bond donors (Lipinski definition) is 1. The Morgan fingerprint density at radius 3 is 2.53 bits per heavy atom. The maximum Gasteiger partial charge on any atom is 0.238 e. The topological polar surface area (TPSA) is 29.1 Å². The van der Waals surface area contributed by atoms with E-state index in [-0.39, 0.29) is 5.91 Å². The summed E-state index contributed by atoms with van der Waals surface area (Å²) in [7, 11) is 0. The molecule has 3 heteroatoms. The van der Waals surface area contributed by atoms with Gasteiger partial charge in [-0.25, -0.2) is 0 Å². The summed E-state index contributed by atoms with van der Waals surface area (Å²) in [5, 5.41) is 2.33. The van der Waals surface area contributed by atoms with Crippen LogP contribution in [0, 0.1) is 0 Å². The van der Waals surface area contributed by atoms with Crippen LogP contribution in [-0.2, 0) is 17.8 Å². The van der Waals surface area contributed by atoms with Crippen LogP contribution < -0.4 is 5.32 Å². The summed E-state index contributed by atoms with van der Waals surface area (Å²) in [5.41, 5.74) is 2.42. The minimum atomic E-state index is -0.473. The molecule has 0 heterocycles. The molecule has 0 saturated carbocycles. The zero-order chi connectivity index (χ0) is 11.3. The van der Waals surface area contributed by atoms with E-state index >= 15 is 0 Å². The molecule has 1 unspecified atom stereocenters. The highest BCUT2D eigenvalue weighted by Gasteiger charge is 2.08. The van der Waals surface area contributed by atoms with Crippen LogP contribution in [0.15, 0.2) is 24.3 Å². The molecule has 0 saturated heterocycles. The van der Waals surface area contributed by atoms with Gasteiger partial charge in [-0.15, -0.1) is 11.6 Å². The van der Waals surface area contributed by atoms with Crippen LogP contribution >= 0.6 is 11.6 Å². The van der Waals surface area contributed by atoms with E-state index in [0.717, 1.165) is 12.0 Å². The molecule has 1 amide bonds. The van der Waals surface area contributed by atoms with Crippen LogP contribution in [0.2, 0.25) is 0 Å². The minimum absolute atomic E-state index is 0.123. The highest BCUT2D eigenvalue weighted by atomic mass is 35.5. The second-order valence-electron chi connectivity index (χ2n) is 3.46. The Kier molecular flexibility index (Phi) is 4.63. The number of benzene rings is 1. The number of hydrogen-bond acceptors (Lipinski definition) is 1. The van der Waals surface area contributed by atoms with Crippen molar-refractivity contribution in [3.63, 3.8) is 0 Å². The Labute approximate surface area is 95.6 Å². The van der Waals surface area contributed by atoms with Crippen LogP contribution in [0.25, 0.3) is 0 Å². The monoisotopic (exact) mass is 225 g/mol. The first-order valence-corrected chi connectivity index (χ1v) is 5.57. The largest absolute Gasteiger partial charge is 0.351 e. The van der Waals surface area contributed by atoms with Gasteiger partial charge in [0.15, 0.2) is 0 Å². The molecular formula is C12H16ClNO. The average Bonchev–Trinajstić information content (AvgIpc) is 2.26.